The van der Waals surface area contributed by atoms with Crippen LogP contribution < -0.4 is 4.74 Å². The molecular formula is C17H26N2O3. The number of fused-ring (bicyclic) bond motifs is 1. The minimum Gasteiger partial charge on any atom is -0.491 e. The van der Waals surface area contributed by atoms with Crippen LogP contribution in [-0.4, -0.2) is 62.6 Å². The first kappa shape index (κ1) is 15.7. The van der Waals surface area contributed by atoms with Crippen LogP contribution in [0.1, 0.15) is 19.3 Å². The van der Waals surface area contributed by atoms with Gasteiger partial charge >= 0.3 is 0 Å². The molecule has 2 atom stereocenters. The quantitative estimate of drug-likeness (QED) is 0.804. The molecule has 0 unspecified atom stereocenters. The average molecular weight is 306 g/mol. The summed E-state index contributed by atoms with van der Waals surface area (Å²) in [4.78, 5) is 6.61. The average Bonchev–Trinajstić information content (AvgIpc) is 2.59. The molecular weight excluding hydrogens is 280 g/mol. The second kappa shape index (κ2) is 7.40. The van der Waals surface area contributed by atoms with Crippen molar-refractivity contribution in [2.45, 2.75) is 25.4 Å². The van der Waals surface area contributed by atoms with E-state index < -0.39 is 0 Å². The summed E-state index contributed by atoms with van der Waals surface area (Å²) in [6.45, 7) is 5.47. The van der Waals surface area contributed by atoms with Crippen molar-refractivity contribution in [3.05, 3.63) is 24.5 Å². The van der Waals surface area contributed by atoms with E-state index in [9.17, 15) is 0 Å². The third-order valence-corrected chi connectivity index (χ3v) is 4.84. The van der Waals surface area contributed by atoms with Gasteiger partial charge in [-0.2, -0.15) is 0 Å². The zero-order valence-corrected chi connectivity index (χ0v) is 13.4. The van der Waals surface area contributed by atoms with Gasteiger partial charge in [0.1, 0.15) is 5.75 Å². The van der Waals surface area contributed by atoms with Crippen molar-refractivity contribution >= 4 is 0 Å². The van der Waals surface area contributed by atoms with Crippen LogP contribution in [-0.2, 0) is 9.47 Å². The molecule has 1 aromatic rings. The maximum atomic E-state index is 6.07. The number of likely N-dealkylation sites (tertiary alicyclic amines) is 1. The van der Waals surface area contributed by atoms with Crippen LogP contribution in [0.3, 0.4) is 0 Å². The normalized spacial score (nSPS) is 29.0. The number of aromatic nitrogens is 1. The lowest BCUT2D eigenvalue weighted by Crippen LogP contribution is -2.57. The van der Waals surface area contributed by atoms with Crippen molar-refractivity contribution in [2.24, 2.45) is 5.41 Å². The van der Waals surface area contributed by atoms with E-state index in [1.165, 1.54) is 6.42 Å². The maximum Gasteiger partial charge on any atom is 0.137 e. The van der Waals surface area contributed by atoms with E-state index >= 15 is 0 Å². The molecule has 0 aromatic carbocycles. The van der Waals surface area contributed by atoms with Crippen LogP contribution >= 0.6 is 0 Å². The molecule has 1 aromatic heterocycles. The fourth-order valence-corrected chi connectivity index (χ4v) is 3.66. The standard InChI is InChI=1S/C17H26N2O3/c1-20-11-9-19-8-5-16-17(13-19,6-3-10-21-16)14-22-15-4-2-7-18-12-15/h2,4,7,12,16H,3,5-6,8-11,13-14H2,1H3/t16-,17-/m0/s1. The van der Waals surface area contributed by atoms with Gasteiger partial charge in [0.15, 0.2) is 0 Å². The number of hydrogen-bond donors (Lipinski definition) is 0. The Labute approximate surface area is 132 Å². The first-order chi connectivity index (χ1) is 10.8. The van der Waals surface area contributed by atoms with Gasteiger partial charge in [0.25, 0.3) is 0 Å². The van der Waals surface area contributed by atoms with Gasteiger partial charge in [0.2, 0.25) is 0 Å². The minimum absolute atomic E-state index is 0.0973. The third-order valence-electron chi connectivity index (χ3n) is 4.84. The van der Waals surface area contributed by atoms with Gasteiger partial charge in [0.05, 0.1) is 25.5 Å². The fraction of sp³-hybridized carbons (Fsp3) is 0.706. The first-order valence-corrected chi connectivity index (χ1v) is 8.18. The second-order valence-corrected chi connectivity index (χ2v) is 6.36. The second-order valence-electron chi connectivity index (χ2n) is 6.36. The molecule has 0 radical (unpaired) electrons. The predicted molar refractivity (Wildman–Crippen MR) is 84.1 cm³/mol. The highest BCUT2D eigenvalue weighted by atomic mass is 16.5. The van der Waals surface area contributed by atoms with Gasteiger partial charge in [-0.15, -0.1) is 0 Å². The monoisotopic (exact) mass is 306 g/mol. The molecule has 2 aliphatic heterocycles. The Kier molecular flexibility index (Phi) is 5.28. The highest BCUT2D eigenvalue weighted by molar-refractivity contribution is 5.16. The Morgan fingerprint density at radius 1 is 1.50 bits per heavy atom. The number of hydrogen-bond acceptors (Lipinski definition) is 5. The van der Waals surface area contributed by atoms with Gasteiger partial charge in [-0.3, -0.25) is 4.98 Å². The largest absolute Gasteiger partial charge is 0.491 e. The summed E-state index contributed by atoms with van der Waals surface area (Å²) >= 11 is 0. The van der Waals surface area contributed by atoms with Crippen LogP contribution in [0.2, 0.25) is 0 Å². The molecule has 0 spiro atoms. The Hall–Kier alpha value is -1.17. The number of piperidine rings is 1. The zero-order chi connectivity index (χ0) is 15.3. The highest BCUT2D eigenvalue weighted by Gasteiger charge is 2.46. The Bertz CT molecular complexity index is 456. The summed E-state index contributed by atoms with van der Waals surface area (Å²) in [5, 5.41) is 0. The lowest BCUT2D eigenvalue weighted by atomic mass is 9.73. The van der Waals surface area contributed by atoms with Crippen LogP contribution in [0.15, 0.2) is 24.5 Å². The molecule has 5 nitrogen and oxygen atoms in total. The van der Waals surface area contributed by atoms with Crippen molar-refractivity contribution in [3.8, 4) is 5.75 Å². The van der Waals surface area contributed by atoms with Crippen LogP contribution in [0.5, 0.6) is 5.75 Å². The molecule has 22 heavy (non-hydrogen) atoms. The predicted octanol–water partition coefficient (Wildman–Crippen LogP) is 1.98. The lowest BCUT2D eigenvalue weighted by Gasteiger charge is -2.50. The van der Waals surface area contributed by atoms with Crippen molar-refractivity contribution < 1.29 is 14.2 Å². The lowest BCUT2D eigenvalue weighted by molar-refractivity contribution is -0.140. The molecule has 0 amide bonds. The molecule has 5 heteroatoms. The molecule has 0 saturated carbocycles. The third kappa shape index (κ3) is 3.59. The van der Waals surface area contributed by atoms with E-state index in [-0.39, 0.29) is 5.41 Å². The van der Waals surface area contributed by atoms with Gasteiger partial charge in [-0.25, -0.2) is 0 Å². The molecule has 122 valence electrons. The summed E-state index contributed by atoms with van der Waals surface area (Å²) < 4.78 is 17.4. The van der Waals surface area contributed by atoms with E-state index in [2.05, 4.69) is 9.88 Å². The molecule has 2 fully saturated rings. The van der Waals surface area contributed by atoms with Crippen LogP contribution in [0.4, 0.5) is 0 Å². The Balaban J connectivity index is 1.66. The SMILES string of the molecule is COCCN1CC[C@@H]2OCCC[C@@]2(COc2cccnc2)C1. The molecule has 2 saturated heterocycles. The number of methoxy groups -OCH3 is 1. The first-order valence-electron chi connectivity index (χ1n) is 8.18. The van der Waals surface area contributed by atoms with Gasteiger partial charge in [-0.05, 0) is 31.4 Å². The van der Waals surface area contributed by atoms with Crippen molar-refractivity contribution in [2.75, 3.05) is 46.6 Å². The summed E-state index contributed by atoms with van der Waals surface area (Å²) in [6, 6.07) is 3.88. The minimum atomic E-state index is 0.0973. The van der Waals surface area contributed by atoms with Crippen molar-refractivity contribution in [1.29, 1.82) is 0 Å². The molecule has 3 heterocycles. The summed E-state index contributed by atoms with van der Waals surface area (Å²) in [7, 11) is 1.76. The van der Waals surface area contributed by atoms with Crippen LogP contribution in [0, 0.1) is 5.41 Å². The summed E-state index contributed by atoms with van der Waals surface area (Å²) in [6.07, 6.45) is 7.23. The molecule has 0 bridgehead atoms. The molecule has 3 rings (SSSR count). The van der Waals surface area contributed by atoms with E-state index in [1.54, 1.807) is 19.5 Å². The van der Waals surface area contributed by atoms with E-state index in [4.69, 9.17) is 14.2 Å². The number of nitrogens with zero attached hydrogens (tertiary/aromatic N) is 2. The molecule has 2 aliphatic rings. The number of pyridine rings is 1. The maximum absolute atomic E-state index is 6.07. The Morgan fingerprint density at radius 2 is 2.45 bits per heavy atom. The van der Waals surface area contributed by atoms with Crippen molar-refractivity contribution in [1.82, 2.24) is 9.88 Å². The fourth-order valence-electron chi connectivity index (χ4n) is 3.66. The van der Waals surface area contributed by atoms with Crippen LogP contribution in [0.25, 0.3) is 0 Å². The summed E-state index contributed by atoms with van der Waals surface area (Å²) in [5.74, 6) is 0.843. The van der Waals surface area contributed by atoms with E-state index in [0.717, 1.165) is 51.4 Å². The van der Waals surface area contributed by atoms with Crippen molar-refractivity contribution in [3.63, 3.8) is 0 Å². The molecule has 0 aliphatic carbocycles. The molecule has 0 N–H and O–H groups in total. The number of ether oxygens (including phenoxy) is 3. The topological polar surface area (TPSA) is 43.8 Å². The smallest absolute Gasteiger partial charge is 0.137 e. The van der Waals surface area contributed by atoms with Gasteiger partial charge in [-0.1, -0.05) is 0 Å². The zero-order valence-electron chi connectivity index (χ0n) is 13.4. The van der Waals surface area contributed by atoms with E-state index in [1.807, 2.05) is 12.1 Å². The Morgan fingerprint density at radius 3 is 3.27 bits per heavy atom. The number of rotatable bonds is 6. The van der Waals surface area contributed by atoms with Gasteiger partial charge < -0.3 is 19.1 Å². The highest BCUT2D eigenvalue weighted by Crippen LogP contribution is 2.40. The van der Waals surface area contributed by atoms with E-state index in [0.29, 0.717) is 12.7 Å². The van der Waals surface area contributed by atoms with Gasteiger partial charge in [0, 0.05) is 45.0 Å². The summed E-state index contributed by atoms with van der Waals surface area (Å²) in [5.41, 5.74) is 0.0973.